The van der Waals surface area contributed by atoms with Crippen molar-refractivity contribution in [1.82, 2.24) is 45.8 Å². The molecule has 1 fully saturated rings. The van der Waals surface area contributed by atoms with Crippen molar-refractivity contribution in [2.75, 3.05) is 47.7 Å². The van der Waals surface area contributed by atoms with Gasteiger partial charge in [0.2, 0.25) is 29.6 Å². The predicted octanol–water partition coefficient (Wildman–Crippen LogP) is 3.61. The molecule has 1 saturated heterocycles. The first kappa shape index (κ1) is 44.6. The molecular weight excluding hydrogens is 878 g/mol. The zero-order valence-corrected chi connectivity index (χ0v) is 37.3. The van der Waals surface area contributed by atoms with Crippen LogP contribution < -0.4 is 41.1 Å². The lowest BCUT2D eigenvalue weighted by atomic mass is 10.0. The molecule has 22 heteroatoms. The molecule has 20 nitrogen and oxygen atoms in total. The average molecular weight is 924 g/mol. The molecule has 6 heterocycles. The van der Waals surface area contributed by atoms with Crippen LogP contribution in [0.2, 0.25) is 4.34 Å². The molecule has 65 heavy (non-hydrogen) atoms. The van der Waals surface area contributed by atoms with Crippen LogP contribution in [0, 0.1) is 0 Å². The summed E-state index contributed by atoms with van der Waals surface area (Å²) >= 11 is 7.67. The van der Waals surface area contributed by atoms with Gasteiger partial charge in [0.15, 0.2) is 5.82 Å². The Labute approximate surface area is 382 Å². The standard InChI is InChI=1S/C43H46ClN13O7S/c1-4-31-42(63)54(2)33-20-47-43(51-38(33)56(31)22-26-9-12-35(44)65-26)49-30-10-8-24(18-34(30)64-3)39(60)46-19-25-21-55(53-52-25)17-16-45-15-14-37(59)48-29-7-5-6-27-28(29)23-57(41(27)62)32-11-13-36(58)50-40(32)61/h5-10,12,18,20-21,31-32,45H,4,11,13-17,19,22-23H2,1-3H3,(H,46,60)(H,48,59)(H,47,49,51)(H,50,58,61)/t31-,32?/m1/s1. The van der Waals surface area contributed by atoms with Gasteiger partial charge < -0.3 is 40.7 Å². The number of fused-ring (bicyclic) bond motifs is 2. The van der Waals surface area contributed by atoms with Crippen LogP contribution in [0.4, 0.5) is 28.8 Å². The van der Waals surface area contributed by atoms with E-state index in [-0.39, 0.29) is 67.8 Å². The Hall–Kier alpha value is -6.97. The number of imide groups is 1. The summed E-state index contributed by atoms with van der Waals surface area (Å²) in [7, 11) is 3.22. The van der Waals surface area contributed by atoms with E-state index in [1.54, 1.807) is 65.4 Å². The Morgan fingerprint density at radius 3 is 2.68 bits per heavy atom. The van der Waals surface area contributed by atoms with Gasteiger partial charge in [-0.05, 0) is 55.3 Å². The van der Waals surface area contributed by atoms with E-state index in [4.69, 9.17) is 21.3 Å². The Bertz CT molecular complexity index is 2670. The molecule has 1 unspecified atom stereocenters. The van der Waals surface area contributed by atoms with E-state index in [1.807, 2.05) is 24.0 Å². The number of hydrogen-bond donors (Lipinski definition) is 5. The molecule has 0 saturated carbocycles. The summed E-state index contributed by atoms with van der Waals surface area (Å²) in [6.45, 7) is 4.03. The SMILES string of the molecule is CC[C@@H]1C(=O)N(C)c2cnc(Nc3ccc(C(=O)NCc4cn(CCNCCC(=O)Nc5cccc6c5CN(C5CCC(=O)NC5=O)C6=O)nn4)cc3OC)nc2N1Cc1ccc(Cl)s1. The summed E-state index contributed by atoms with van der Waals surface area (Å²) in [5.41, 5.74) is 3.57. The zero-order valence-electron chi connectivity index (χ0n) is 35.7. The van der Waals surface area contributed by atoms with Gasteiger partial charge in [0.1, 0.15) is 29.2 Å². The van der Waals surface area contributed by atoms with Crippen molar-refractivity contribution in [3.63, 3.8) is 0 Å². The van der Waals surface area contributed by atoms with Gasteiger partial charge in [-0.15, -0.1) is 16.4 Å². The summed E-state index contributed by atoms with van der Waals surface area (Å²) < 4.78 is 7.93. The van der Waals surface area contributed by atoms with Crippen molar-refractivity contribution in [3.05, 3.63) is 92.5 Å². The van der Waals surface area contributed by atoms with Gasteiger partial charge in [-0.25, -0.2) is 4.98 Å². The fraction of sp³-hybridized carbons (Fsp3) is 0.349. The molecule has 5 N–H and O–H groups in total. The molecule has 0 aliphatic carbocycles. The number of aromatic nitrogens is 5. The number of rotatable bonds is 17. The molecule has 0 bridgehead atoms. The smallest absolute Gasteiger partial charge is 0.255 e. The number of methoxy groups -OCH3 is 1. The summed E-state index contributed by atoms with van der Waals surface area (Å²) in [5, 5.41) is 22.8. The number of carbonyl (C=O) groups excluding carboxylic acids is 6. The Kier molecular flexibility index (Phi) is 13.3. The highest BCUT2D eigenvalue weighted by molar-refractivity contribution is 7.16. The summed E-state index contributed by atoms with van der Waals surface area (Å²) in [6, 6.07) is 12.6. The molecule has 2 atom stereocenters. The monoisotopic (exact) mass is 923 g/mol. The van der Waals surface area contributed by atoms with Gasteiger partial charge in [-0.2, -0.15) is 4.98 Å². The van der Waals surface area contributed by atoms with E-state index in [2.05, 4.69) is 41.9 Å². The molecule has 2 aromatic carbocycles. The van der Waals surface area contributed by atoms with Crippen LogP contribution in [0.25, 0.3) is 0 Å². The largest absolute Gasteiger partial charge is 0.495 e. The average Bonchev–Trinajstić information content (AvgIpc) is 4.03. The Morgan fingerprint density at radius 2 is 1.91 bits per heavy atom. The maximum Gasteiger partial charge on any atom is 0.255 e. The minimum atomic E-state index is -0.744. The van der Waals surface area contributed by atoms with E-state index in [1.165, 1.54) is 23.3 Å². The maximum absolute atomic E-state index is 13.3. The van der Waals surface area contributed by atoms with Crippen molar-refractivity contribution in [1.29, 1.82) is 0 Å². The highest BCUT2D eigenvalue weighted by Gasteiger charge is 2.40. The number of carbonyl (C=O) groups is 6. The first-order chi connectivity index (χ1) is 31.4. The molecule has 338 valence electrons. The number of halogens is 1. The lowest BCUT2D eigenvalue weighted by Crippen LogP contribution is -2.52. The number of thiophene rings is 1. The van der Waals surface area contributed by atoms with Gasteiger partial charge >= 0.3 is 0 Å². The Balaban J connectivity index is 0.795. The summed E-state index contributed by atoms with van der Waals surface area (Å²) in [4.78, 5) is 91.8. The highest BCUT2D eigenvalue weighted by atomic mass is 35.5. The van der Waals surface area contributed by atoms with Crippen molar-refractivity contribution in [3.8, 4) is 5.75 Å². The molecule has 3 aromatic heterocycles. The second-order valence-electron chi connectivity index (χ2n) is 15.5. The van der Waals surface area contributed by atoms with E-state index in [0.29, 0.717) is 87.9 Å². The van der Waals surface area contributed by atoms with Crippen LogP contribution in [-0.2, 0) is 45.4 Å². The Morgan fingerprint density at radius 1 is 1.06 bits per heavy atom. The highest BCUT2D eigenvalue weighted by Crippen LogP contribution is 2.38. The predicted molar refractivity (Wildman–Crippen MR) is 241 cm³/mol. The topological polar surface area (TPSA) is 238 Å². The van der Waals surface area contributed by atoms with Crippen LogP contribution >= 0.6 is 22.9 Å². The lowest BCUT2D eigenvalue weighted by molar-refractivity contribution is -0.137. The summed E-state index contributed by atoms with van der Waals surface area (Å²) in [6.07, 6.45) is 4.49. The van der Waals surface area contributed by atoms with Crippen LogP contribution in [-0.4, -0.2) is 105 Å². The number of amides is 6. The molecular formula is C43H46ClN13O7S. The lowest BCUT2D eigenvalue weighted by Gasteiger charge is -2.40. The van der Waals surface area contributed by atoms with Crippen molar-refractivity contribution in [2.45, 2.75) is 70.9 Å². The minimum absolute atomic E-state index is 0.0454. The quantitative estimate of drug-likeness (QED) is 0.0662. The third-order valence-electron chi connectivity index (χ3n) is 11.3. The molecule has 5 aromatic rings. The summed E-state index contributed by atoms with van der Waals surface area (Å²) in [5.74, 6) is -0.537. The third-order valence-corrected chi connectivity index (χ3v) is 12.6. The van der Waals surface area contributed by atoms with E-state index in [9.17, 15) is 28.8 Å². The number of nitrogens with one attached hydrogen (secondary N) is 5. The van der Waals surface area contributed by atoms with Gasteiger partial charge in [0.25, 0.3) is 11.8 Å². The third kappa shape index (κ3) is 9.76. The number of benzene rings is 2. The zero-order chi connectivity index (χ0) is 45.8. The van der Waals surface area contributed by atoms with Crippen molar-refractivity contribution in [2.24, 2.45) is 0 Å². The van der Waals surface area contributed by atoms with Crippen molar-refractivity contribution >= 4 is 87.2 Å². The second kappa shape index (κ2) is 19.4. The number of nitrogens with zero attached hydrogens (tertiary/aromatic N) is 8. The fourth-order valence-corrected chi connectivity index (χ4v) is 9.06. The number of hydrogen-bond acceptors (Lipinski definition) is 15. The van der Waals surface area contributed by atoms with Crippen LogP contribution in [0.1, 0.15) is 69.5 Å². The van der Waals surface area contributed by atoms with Gasteiger partial charge in [-0.3, -0.25) is 38.8 Å². The number of likely N-dealkylation sites (N-methyl/N-ethyl adjacent to an activating group) is 1. The van der Waals surface area contributed by atoms with Crippen LogP contribution in [0.5, 0.6) is 5.75 Å². The van der Waals surface area contributed by atoms with Crippen LogP contribution in [0.15, 0.2) is 60.9 Å². The van der Waals surface area contributed by atoms with Crippen LogP contribution in [0.3, 0.4) is 0 Å². The molecule has 3 aliphatic heterocycles. The van der Waals surface area contributed by atoms with Crippen molar-refractivity contribution < 1.29 is 33.5 Å². The molecule has 6 amide bonds. The number of anilines is 5. The minimum Gasteiger partial charge on any atom is -0.495 e. The van der Waals surface area contributed by atoms with Gasteiger partial charge in [0.05, 0.1) is 49.2 Å². The number of ether oxygens (including phenoxy) is 1. The number of piperidine rings is 1. The first-order valence-corrected chi connectivity index (χ1v) is 22.1. The normalized spacial score (nSPS) is 16.9. The van der Waals surface area contributed by atoms with E-state index in [0.717, 1.165) is 4.88 Å². The maximum atomic E-state index is 13.3. The first-order valence-electron chi connectivity index (χ1n) is 21.0. The molecule has 0 spiro atoms. The van der Waals surface area contributed by atoms with Gasteiger partial charge in [-0.1, -0.05) is 29.8 Å². The molecule has 0 radical (unpaired) electrons. The second-order valence-corrected chi connectivity index (χ2v) is 17.3. The molecule has 3 aliphatic rings. The van der Waals surface area contributed by atoms with E-state index < -0.39 is 18.0 Å². The molecule has 8 rings (SSSR count). The van der Waals surface area contributed by atoms with Gasteiger partial charge in [0, 0.05) is 66.8 Å². The van der Waals surface area contributed by atoms with E-state index >= 15 is 0 Å². The fourth-order valence-electron chi connectivity index (χ4n) is 7.98.